The third kappa shape index (κ3) is 4.22. The van der Waals surface area contributed by atoms with E-state index in [1.165, 1.54) is 31.9 Å². The summed E-state index contributed by atoms with van der Waals surface area (Å²) in [6.07, 6.45) is 6.58. The van der Waals surface area contributed by atoms with E-state index in [-0.39, 0.29) is 6.04 Å². The molecule has 2 atom stereocenters. The zero-order chi connectivity index (χ0) is 14.5. The molecule has 1 aromatic heterocycles. The van der Waals surface area contributed by atoms with Crippen LogP contribution in [-0.2, 0) is 0 Å². The van der Waals surface area contributed by atoms with Crippen LogP contribution in [0.25, 0.3) is 0 Å². The van der Waals surface area contributed by atoms with Gasteiger partial charge in [0.15, 0.2) is 0 Å². The Hall–Kier alpha value is -0.550. The van der Waals surface area contributed by atoms with Gasteiger partial charge in [0.05, 0.1) is 22.9 Å². The highest BCUT2D eigenvalue weighted by Crippen LogP contribution is 2.25. The van der Waals surface area contributed by atoms with Crippen LogP contribution in [-0.4, -0.2) is 28.4 Å². The summed E-state index contributed by atoms with van der Waals surface area (Å²) in [5.41, 5.74) is 0.593. The molecule has 1 saturated carbocycles. The number of hydrogen-bond acceptors (Lipinski definition) is 4. The number of anilines is 1. The summed E-state index contributed by atoms with van der Waals surface area (Å²) >= 11 is 11.8. The van der Waals surface area contributed by atoms with Gasteiger partial charge in [-0.05, 0) is 25.3 Å². The molecule has 0 aliphatic heterocycles. The molecule has 0 amide bonds. The monoisotopic (exact) mass is 317 g/mol. The van der Waals surface area contributed by atoms with Gasteiger partial charge in [-0.15, -0.1) is 0 Å². The van der Waals surface area contributed by atoms with E-state index >= 15 is 0 Å². The molecule has 1 unspecified atom stereocenters. The Morgan fingerprint density at radius 1 is 1.40 bits per heavy atom. The van der Waals surface area contributed by atoms with Crippen molar-refractivity contribution < 1.29 is 5.11 Å². The lowest BCUT2D eigenvalue weighted by Crippen LogP contribution is -2.47. The van der Waals surface area contributed by atoms with Gasteiger partial charge in [-0.25, -0.2) is 4.98 Å². The highest BCUT2D eigenvalue weighted by molar-refractivity contribution is 6.35. The average molecular weight is 318 g/mol. The second-order valence-electron chi connectivity index (χ2n) is 5.24. The average Bonchev–Trinajstić information content (AvgIpc) is 2.92. The van der Waals surface area contributed by atoms with Gasteiger partial charge in [-0.1, -0.05) is 43.0 Å². The Morgan fingerprint density at radius 3 is 2.70 bits per heavy atom. The van der Waals surface area contributed by atoms with Crippen LogP contribution >= 0.6 is 23.2 Å². The van der Waals surface area contributed by atoms with Gasteiger partial charge in [0.1, 0.15) is 11.4 Å². The molecule has 1 aliphatic carbocycles. The number of aromatic nitrogens is 1. The van der Waals surface area contributed by atoms with Crippen LogP contribution in [0.15, 0.2) is 12.3 Å². The number of nitrogens with zero attached hydrogens (tertiary/aromatic N) is 1. The van der Waals surface area contributed by atoms with Crippen LogP contribution in [0.3, 0.4) is 0 Å². The normalized spacial score (nSPS) is 19.0. The molecule has 6 heteroatoms. The number of aliphatic hydroxyl groups excluding tert-OH is 1. The minimum absolute atomic E-state index is 0.00940. The van der Waals surface area contributed by atoms with Crippen molar-refractivity contribution in [2.45, 2.75) is 57.3 Å². The molecule has 1 heterocycles. The first-order valence-corrected chi connectivity index (χ1v) is 7.87. The van der Waals surface area contributed by atoms with E-state index in [1.54, 1.807) is 6.07 Å². The molecule has 0 spiro atoms. The number of aliphatic hydroxyl groups is 1. The minimum Gasteiger partial charge on any atom is -0.372 e. The van der Waals surface area contributed by atoms with Gasteiger partial charge >= 0.3 is 0 Å². The van der Waals surface area contributed by atoms with Crippen LogP contribution in [0.1, 0.15) is 39.0 Å². The van der Waals surface area contributed by atoms with Gasteiger partial charge in [0, 0.05) is 6.04 Å². The maximum atomic E-state index is 10.3. The van der Waals surface area contributed by atoms with Gasteiger partial charge in [0.2, 0.25) is 0 Å². The summed E-state index contributed by atoms with van der Waals surface area (Å²) in [4.78, 5) is 3.97. The summed E-state index contributed by atoms with van der Waals surface area (Å²) in [6.45, 7) is 2.05. The zero-order valence-electron chi connectivity index (χ0n) is 11.6. The Balaban J connectivity index is 1.95. The molecular weight excluding hydrogens is 297 g/mol. The topological polar surface area (TPSA) is 57.2 Å². The number of rotatable bonds is 6. The van der Waals surface area contributed by atoms with Crippen molar-refractivity contribution in [1.82, 2.24) is 10.3 Å². The number of nitrogens with one attached hydrogen (secondary N) is 2. The standard InChI is InChI=1S/C14H21Cl2N3O/c1-2-11(18-9-5-3-4-6-9)14(20)19-12-8-17-13(16)7-10(12)15/h7-9,11,14,18-20H,2-6H2,1H3/t11-,14?/m1/s1. The summed E-state index contributed by atoms with van der Waals surface area (Å²) in [7, 11) is 0. The van der Waals surface area contributed by atoms with Crippen LogP contribution in [0, 0.1) is 0 Å². The zero-order valence-corrected chi connectivity index (χ0v) is 13.1. The molecular formula is C14H21Cl2N3O. The van der Waals surface area contributed by atoms with E-state index in [1.807, 2.05) is 0 Å². The molecule has 20 heavy (non-hydrogen) atoms. The second-order valence-corrected chi connectivity index (χ2v) is 6.03. The first-order valence-electron chi connectivity index (χ1n) is 7.12. The molecule has 0 saturated heterocycles. The maximum Gasteiger partial charge on any atom is 0.140 e. The third-order valence-electron chi connectivity index (χ3n) is 3.75. The van der Waals surface area contributed by atoms with E-state index < -0.39 is 6.23 Å². The molecule has 0 bridgehead atoms. The number of pyridine rings is 1. The Morgan fingerprint density at radius 2 is 2.10 bits per heavy atom. The summed E-state index contributed by atoms with van der Waals surface area (Å²) in [6, 6.07) is 2.06. The van der Waals surface area contributed by atoms with Crippen LogP contribution in [0.4, 0.5) is 5.69 Å². The number of halogens is 2. The lowest BCUT2D eigenvalue weighted by molar-refractivity contribution is 0.143. The maximum absolute atomic E-state index is 10.3. The second kappa shape index (κ2) is 7.46. The fourth-order valence-corrected chi connectivity index (χ4v) is 3.02. The quantitative estimate of drug-likeness (QED) is 0.556. The fraction of sp³-hybridized carbons (Fsp3) is 0.643. The fourth-order valence-electron chi connectivity index (χ4n) is 2.60. The van der Waals surface area contributed by atoms with Crippen molar-refractivity contribution in [3.8, 4) is 0 Å². The van der Waals surface area contributed by atoms with Crippen molar-refractivity contribution in [2.24, 2.45) is 0 Å². The Labute approximate surface area is 129 Å². The van der Waals surface area contributed by atoms with Crippen LogP contribution in [0.2, 0.25) is 10.2 Å². The Bertz CT molecular complexity index is 438. The highest BCUT2D eigenvalue weighted by atomic mass is 35.5. The van der Waals surface area contributed by atoms with E-state index in [0.717, 1.165) is 6.42 Å². The minimum atomic E-state index is -0.707. The molecule has 1 aliphatic rings. The molecule has 112 valence electrons. The van der Waals surface area contributed by atoms with Crippen LogP contribution in [0.5, 0.6) is 0 Å². The lowest BCUT2D eigenvalue weighted by atomic mass is 10.1. The molecule has 3 N–H and O–H groups in total. The summed E-state index contributed by atoms with van der Waals surface area (Å²) in [5.74, 6) is 0. The van der Waals surface area contributed by atoms with Crippen molar-refractivity contribution in [3.05, 3.63) is 22.4 Å². The summed E-state index contributed by atoms with van der Waals surface area (Å²) in [5, 5.41) is 17.6. The van der Waals surface area contributed by atoms with Gasteiger partial charge in [0.25, 0.3) is 0 Å². The van der Waals surface area contributed by atoms with Crippen LogP contribution < -0.4 is 10.6 Å². The predicted molar refractivity (Wildman–Crippen MR) is 83.4 cm³/mol. The lowest BCUT2D eigenvalue weighted by Gasteiger charge is -2.27. The van der Waals surface area contributed by atoms with Crippen molar-refractivity contribution in [3.63, 3.8) is 0 Å². The highest BCUT2D eigenvalue weighted by Gasteiger charge is 2.23. The molecule has 0 aromatic carbocycles. The van der Waals surface area contributed by atoms with E-state index in [4.69, 9.17) is 23.2 Å². The SMILES string of the molecule is CC[C@@H](NC1CCCC1)C(O)Nc1cnc(Cl)cc1Cl. The van der Waals surface area contributed by atoms with Crippen molar-refractivity contribution in [1.29, 1.82) is 0 Å². The smallest absolute Gasteiger partial charge is 0.140 e. The number of hydrogen-bond donors (Lipinski definition) is 3. The largest absolute Gasteiger partial charge is 0.372 e. The first kappa shape index (κ1) is 15.8. The predicted octanol–water partition coefficient (Wildman–Crippen LogP) is 3.43. The van der Waals surface area contributed by atoms with Gasteiger partial charge < -0.3 is 15.7 Å². The third-order valence-corrected chi connectivity index (χ3v) is 4.27. The van der Waals surface area contributed by atoms with E-state index in [2.05, 4.69) is 22.5 Å². The summed E-state index contributed by atoms with van der Waals surface area (Å²) < 4.78 is 0. The molecule has 4 nitrogen and oxygen atoms in total. The van der Waals surface area contributed by atoms with Gasteiger partial charge in [-0.3, -0.25) is 0 Å². The molecule has 1 aromatic rings. The Kier molecular flexibility index (Phi) is 5.90. The molecule has 2 rings (SSSR count). The van der Waals surface area contributed by atoms with Crippen molar-refractivity contribution in [2.75, 3.05) is 5.32 Å². The van der Waals surface area contributed by atoms with Gasteiger partial charge in [-0.2, -0.15) is 0 Å². The molecule has 1 fully saturated rings. The van der Waals surface area contributed by atoms with E-state index in [0.29, 0.717) is 21.9 Å². The van der Waals surface area contributed by atoms with E-state index in [9.17, 15) is 5.11 Å². The molecule has 0 radical (unpaired) electrons. The first-order chi connectivity index (χ1) is 9.60. The van der Waals surface area contributed by atoms with Crippen molar-refractivity contribution >= 4 is 28.9 Å².